The minimum absolute atomic E-state index is 0.0467. The van der Waals surface area contributed by atoms with Gasteiger partial charge in [0.25, 0.3) is 0 Å². The first kappa shape index (κ1) is 33.9. The molecule has 0 bridgehead atoms. The Bertz CT molecular complexity index is 768. The fraction of sp³-hybridized carbons (Fsp3) is 0.649. The van der Waals surface area contributed by atoms with Crippen LogP contribution in [0, 0.1) is 0 Å². The van der Waals surface area contributed by atoms with Crippen molar-refractivity contribution in [3.05, 3.63) is 71.8 Å². The molecule has 224 valence electrons. The Morgan fingerprint density at radius 2 is 0.775 bits per heavy atom. The van der Waals surface area contributed by atoms with Gasteiger partial charge in [-0.2, -0.15) is 0 Å². The molecule has 0 spiro atoms. The summed E-state index contributed by atoms with van der Waals surface area (Å²) < 4.78 is 0. The second kappa shape index (κ2) is 23.4. The first-order valence-corrected chi connectivity index (χ1v) is 16.9. The summed E-state index contributed by atoms with van der Waals surface area (Å²) >= 11 is 0. The Balaban J connectivity index is 1.81. The van der Waals surface area contributed by atoms with Crippen LogP contribution in [0.25, 0.3) is 0 Å². The van der Waals surface area contributed by atoms with E-state index in [0.717, 1.165) is 25.7 Å². The van der Waals surface area contributed by atoms with Gasteiger partial charge in [-0.25, -0.2) is 4.79 Å². The highest BCUT2D eigenvalue weighted by molar-refractivity contribution is 5.75. The van der Waals surface area contributed by atoms with E-state index in [9.17, 15) is 4.79 Å². The van der Waals surface area contributed by atoms with Gasteiger partial charge < -0.3 is 10.6 Å². The molecule has 0 aliphatic heterocycles. The molecule has 2 aromatic rings. The molecule has 2 amide bonds. The summed E-state index contributed by atoms with van der Waals surface area (Å²) in [5.41, 5.74) is 2.40. The lowest BCUT2D eigenvalue weighted by atomic mass is 9.98. The number of unbranched alkanes of at least 4 members (excludes halogenated alkanes) is 16. The lowest BCUT2D eigenvalue weighted by Gasteiger charge is -2.24. The van der Waals surface area contributed by atoms with Crippen molar-refractivity contribution >= 4 is 6.03 Å². The molecule has 2 rings (SSSR count). The summed E-state index contributed by atoms with van der Waals surface area (Å²) in [4.78, 5) is 13.3. The van der Waals surface area contributed by atoms with Gasteiger partial charge in [0.2, 0.25) is 0 Å². The third-order valence-electron chi connectivity index (χ3n) is 8.21. The molecule has 0 heterocycles. The largest absolute Gasteiger partial charge is 0.331 e. The van der Waals surface area contributed by atoms with E-state index >= 15 is 0 Å². The number of benzene rings is 2. The lowest BCUT2D eigenvalue weighted by Crippen LogP contribution is -2.40. The molecule has 0 aliphatic carbocycles. The zero-order chi connectivity index (χ0) is 28.5. The highest BCUT2D eigenvalue weighted by Gasteiger charge is 2.18. The van der Waals surface area contributed by atoms with E-state index in [2.05, 4.69) is 85.1 Å². The van der Waals surface area contributed by atoms with Gasteiger partial charge in [-0.15, -0.1) is 0 Å². The minimum atomic E-state index is -0.0467. The fourth-order valence-electron chi connectivity index (χ4n) is 5.69. The number of hydrogen-bond donors (Lipinski definition) is 2. The Labute approximate surface area is 247 Å². The number of nitrogens with one attached hydrogen (secondary N) is 2. The van der Waals surface area contributed by atoms with Crippen molar-refractivity contribution in [2.24, 2.45) is 0 Å². The third kappa shape index (κ3) is 16.1. The molecule has 3 nitrogen and oxygen atoms in total. The average Bonchev–Trinajstić information content (AvgIpc) is 2.99. The molecule has 2 N–H and O–H groups in total. The third-order valence-corrected chi connectivity index (χ3v) is 8.21. The van der Waals surface area contributed by atoms with E-state index in [1.165, 1.54) is 114 Å². The van der Waals surface area contributed by atoms with Gasteiger partial charge in [0.05, 0.1) is 12.1 Å². The molecule has 0 aliphatic rings. The second-order valence-electron chi connectivity index (χ2n) is 11.8. The van der Waals surface area contributed by atoms with Gasteiger partial charge >= 0.3 is 6.03 Å². The van der Waals surface area contributed by atoms with Crippen molar-refractivity contribution < 1.29 is 4.79 Å². The van der Waals surface area contributed by atoms with E-state index in [-0.39, 0.29) is 18.1 Å². The maximum absolute atomic E-state index is 13.3. The summed E-state index contributed by atoms with van der Waals surface area (Å²) in [5.74, 6) is 0. The Morgan fingerprint density at radius 3 is 1.10 bits per heavy atom. The molecule has 0 aromatic heterocycles. The molecule has 0 fully saturated rings. The molecular weight excluding hydrogens is 488 g/mol. The number of carbonyl (C=O) groups is 1. The Morgan fingerprint density at radius 1 is 0.475 bits per heavy atom. The predicted octanol–water partition coefficient (Wildman–Crippen LogP) is 11.6. The summed E-state index contributed by atoms with van der Waals surface area (Å²) in [6.07, 6.45) is 25.7. The molecule has 2 atom stereocenters. The first-order chi connectivity index (χ1) is 19.7. The van der Waals surface area contributed by atoms with E-state index < -0.39 is 0 Å². The Kier molecular flexibility index (Phi) is 19.9. The van der Waals surface area contributed by atoms with Crippen molar-refractivity contribution in [1.29, 1.82) is 0 Å². The summed E-state index contributed by atoms with van der Waals surface area (Å²) in [5, 5.41) is 6.69. The first-order valence-electron chi connectivity index (χ1n) is 16.9. The van der Waals surface area contributed by atoms with Crippen LogP contribution in [0.1, 0.15) is 165 Å². The zero-order valence-corrected chi connectivity index (χ0v) is 26.0. The summed E-state index contributed by atoms with van der Waals surface area (Å²) in [6, 6.07) is 21.1. The fourth-order valence-corrected chi connectivity index (χ4v) is 5.69. The van der Waals surface area contributed by atoms with Crippen LogP contribution in [-0.2, 0) is 0 Å². The van der Waals surface area contributed by atoms with Gasteiger partial charge in [-0.3, -0.25) is 0 Å². The minimum Gasteiger partial charge on any atom is -0.331 e. The van der Waals surface area contributed by atoms with Gasteiger partial charge in [-0.05, 0) is 24.0 Å². The molecule has 2 aromatic carbocycles. The monoisotopic (exact) mass is 548 g/mol. The predicted molar refractivity (Wildman–Crippen MR) is 174 cm³/mol. The van der Waals surface area contributed by atoms with Crippen molar-refractivity contribution in [2.45, 2.75) is 154 Å². The second-order valence-corrected chi connectivity index (χ2v) is 11.8. The highest BCUT2D eigenvalue weighted by atomic mass is 16.2. The molecule has 3 heteroatoms. The Hall–Kier alpha value is -2.29. The van der Waals surface area contributed by atoms with Crippen molar-refractivity contribution in [2.75, 3.05) is 0 Å². The van der Waals surface area contributed by atoms with Crippen LogP contribution in [0.3, 0.4) is 0 Å². The van der Waals surface area contributed by atoms with Crippen LogP contribution in [0.5, 0.6) is 0 Å². The molecule has 2 unspecified atom stereocenters. The summed E-state index contributed by atoms with van der Waals surface area (Å²) in [7, 11) is 0. The highest BCUT2D eigenvalue weighted by Crippen LogP contribution is 2.23. The van der Waals surface area contributed by atoms with Gasteiger partial charge in [-0.1, -0.05) is 190 Å². The topological polar surface area (TPSA) is 41.1 Å². The van der Waals surface area contributed by atoms with Gasteiger partial charge in [0, 0.05) is 0 Å². The van der Waals surface area contributed by atoms with Crippen molar-refractivity contribution in [3.8, 4) is 0 Å². The smallest absolute Gasteiger partial charge is 0.315 e. The quantitative estimate of drug-likeness (QED) is 0.126. The number of rotatable bonds is 24. The van der Waals surface area contributed by atoms with Gasteiger partial charge in [0.1, 0.15) is 0 Å². The molecular formula is C37H60N2O. The van der Waals surface area contributed by atoms with Crippen LogP contribution < -0.4 is 10.6 Å². The van der Waals surface area contributed by atoms with Crippen LogP contribution in [0.2, 0.25) is 0 Å². The van der Waals surface area contributed by atoms with Crippen LogP contribution in [0.15, 0.2) is 60.7 Å². The number of amides is 2. The van der Waals surface area contributed by atoms with E-state index in [1.54, 1.807) is 0 Å². The maximum Gasteiger partial charge on any atom is 0.315 e. The standard InChI is InChI=1S/C37H60N2O/c1-3-5-7-9-11-13-15-17-25-31-35(33-27-21-19-22-28-33)38-37(40)39-36(34-29-23-20-24-30-34)32-26-18-16-14-12-10-8-6-4-2/h19-24,27-30,35-36H,3-18,25-26,31-32H2,1-2H3,(H2,38,39,40). The maximum atomic E-state index is 13.3. The number of carbonyl (C=O) groups excluding carboxylic acids is 1. The van der Waals surface area contributed by atoms with Crippen LogP contribution >= 0.6 is 0 Å². The van der Waals surface area contributed by atoms with E-state index in [1.807, 2.05) is 0 Å². The number of urea groups is 1. The van der Waals surface area contributed by atoms with Crippen molar-refractivity contribution in [3.63, 3.8) is 0 Å². The molecule has 0 radical (unpaired) electrons. The number of hydrogen-bond acceptors (Lipinski definition) is 1. The van der Waals surface area contributed by atoms with E-state index in [0.29, 0.717) is 0 Å². The zero-order valence-electron chi connectivity index (χ0n) is 26.0. The molecule has 40 heavy (non-hydrogen) atoms. The lowest BCUT2D eigenvalue weighted by molar-refractivity contribution is 0.231. The summed E-state index contributed by atoms with van der Waals surface area (Å²) in [6.45, 7) is 4.55. The average molecular weight is 549 g/mol. The van der Waals surface area contributed by atoms with E-state index in [4.69, 9.17) is 0 Å². The van der Waals surface area contributed by atoms with Crippen LogP contribution in [0.4, 0.5) is 4.79 Å². The molecule has 0 saturated carbocycles. The molecule has 0 saturated heterocycles. The van der Waals surface area contributed by atoms with Crippen molar-refractivity contribution in [1.82, 2.24) is 10.6 Å². The SMILES string of the molecule is CCCCCCCCCCCC(NC(=O)NC(CCCCCCCCCCC)c1ccccc1)c1ccccc1. The van der Waals surface area contributed by atoms with Gasteiger partial charge in [0.15, 0.2) is 0 Å². The normalized spacial score (nSPS) is 12.7. The van der Waals surface area contributed by atoms with Crippen LogP contribution in [-0.4, -0.2) is 6.03 Å².